The SMILES string of the molecule is Cc1ccnc(N2CCC(C(C)(C)C)CC2)c1C(=N)N. The number of aromatic nitrogens is 1. The van der Waals surface area contributed by atoms with Crippen LogP contribution in [0, 0.1) is 23.7 Å². The topological polar surface area (TPSA) is 66.0 Å². The lowest BCUT2D eigenvalue weighted by molar-refractivity contribution is 0.198. The van der Waals surface area contributed by atoms with Gasteiger partial charge in [0, 0.05) is 19.3 Å². The number of anilines is 1. The number of nitrogens with zero attached hydrogens (tertiary/aromatic N) is 2. The molecule has 1 fully saturated rings. The summed E-state index contributed by atoms with van der Waals surface area (Å²) in [5.74, 6) is 1.75. The maximum Gasteiger partial charge on any atom is 0.139 e. The first-order valence-electron chi connectivity index (χ1n) is 7.35. The number of hydrogen-bond acceptors (Lipinski definition) is 3. The van der Waals surface area contributed by atoms with Gasteiger partial charge in [0.15, 0.2) is 0 Å². The number of pyridine rings is 1. The van der Waals surface area contributed by atoms with E-state index in [1.54, 1.807) is 0 Å². The number of nitrogens with one attached hydrogen (secondary N) is 1. The molecule has 1 aromatic heterocycles. The van der Waals surface area contributed by atoms with Gasteiger partial charge in [-0.1, -0.05) is 20.8 Å². The van der Waals surface area contributed by atoms with Crippen LogP contribution in [0.25, 0.3) is 0 Å². The summed E-state index contributed by atoms with van der Waals surface area (Å²) in [5, 5.41) is 7.79. The number of hydrogen-bond donors (Lipinski definition) is 2. The molecule has 1 saturated heterocycles. The average Bonchev–Trinajstić information content (AvgIpc) is 2.37. The van der Waals surface area contributed by atoms with Gasteiger partial charge in [0.2, 0.25) is 0 Å². The summed E-state index contributed by atoms with van der Waals surface area (Å²) < 4.78 is 0. The third-order valence-corrected chi connectivity index (χ3v) is 4.43. The van der Waals surface area contributed by atoms with E-state index in [2.05, 4.69) is 30.7 Å². The van der Waals surface area contributed by atoms with E-state index >= 15 is 0 Å². The number of amidine groups is 1. The zero-order valence-corrected chi connectivity index (χ0v) is 13.0. The molecule has 0 radical (unpaired) electrons. The molecule has 2 rings (SSSR count). The Morgan fingerprint density at radius 2 is 1.95 bits per heavy atom. The van der Waals surface area contributed by atoms with Crippen LogP contribution in [0.1, 0.15) is 44.7 Å². The van der Waals surface area contributed by atoms with Crippen molar-refractivity contribution in [2.24, 2.45) is 17.1 Å². The van der Waals surface area contributed by atoms with E-state index in [1.807, 2.05) is 19.2 Å². The Balaban J connectivity index is 2.19. The normalized spacial score (nSPS) is 17.3. The number of nitrogens with two attached hydrogens (primary N) is 1. The van der Waals surface area contributed by atoms with E-state index < -0.39 is 0 Å². The van der Waals surface area contributed by atoms with Gasteiger partial charge in [-0.25, -0.2) is 4.98 Å². The van der Waals surface area contributed by atoms with E-state index in [0.29, 0.717) is 5.41 Å². The number of piperidine rings is 1. The van der Waals surface area contributed by atoms with Gasteiger partial charge in [-0.05, 0) is 42.7 Å². The van der Waals surface area contributed by atoms with Crippen molar-refractivity contribution in [2.75, 3.05) is 18.0 Å². The van der Waals surface area contributed by atoms with Crippen molar-refractivity contribution in [2.45, 2.75) is 40.5 Å². The molecule has 0 atom stereocenters. The van der Waals surface area contributed by atoms with Crippen LogP contribution in [0.3, 0.4) is 0 Å². The molecule has 4 heteroatoms. The van der Waals surface area contributed by atoms with Gasteiger partial charge in [-0.15, -0.1) is 0 Å². The smallest absolute Gasteiger partial charge is 0.139 e. The number of aryl methyl sites for hydroxylation is 1. The van der Waals surface area contributed by atoms with Crippen molar-refractivity contribution in [1.82, 2.24) is 4.98 Å². The summed E-state index contributed by atoms with van der Waals surface area (Å²) in [6.07, 6.45) is 4.17. The molecule has 1 aliphatic rings. The summed E-state index contributed by atoms with van der Waals surface area (Å²) in [6.45, 7) is 10.9. The second-order valence-electron chi connectivity index (χ2n) is 6.87. The molecule has 0 aliphatic carbocycles. The molecule has 0 saturated carbocycles. The molecule has 0 aromatic carbocycles. The molecule has 2 heterocycles. The van der Waals surface area contributed by atoms with E-state index in [-0.39, 0.29) is 5.84 Å². The predicted octanol–water partition coefficient (Wildman–Crippen LogP) is 2.94. The maximum atomic E-state index is 7.79. The summed E-state index contributed by atoms with van der Waals surface area (Å²) in [5.41, 5.74) is 7.93. The Bertz CT molecular complexity index is 494. The highest BCUT2D eigenvalue weighted by molar-refractivity contribution is 6.01. The standard InChI is InChI=1S/C16H26N4/c1-11-5-8-19-15(13(11)14(17)18)20-9-6-12(7-10-20)16(2,3)4/h5,8,12H,6-7,9-10H2,1-4H3,(H3,17,18). The van der Waals surface area contributed by atoms with E-state index in [0.717, 1.165) is 36.0 Å². The van der Waals surface area contributed by atoms with Crippen molar-refractivity contribution in [3.05, 3.63) is 23.4 Å². The Hall–Kier alpha value is -1.58. The molecule has 0 bridgehead atoms. The predicted molar refractivity (Wildman–Crippen MR) is 84.4 cm³/mol. The van der Waals surface area contributed by atoms with Crippen molar-refractivity contribution < 1.29 is 0 Å². The molecule has 110 valence electrons. The second kappa shape index (κ2) is 5.43. The molecule has 0 amide bonds. The third-order valence-electron chi connectivity index (χ3n) is 4.43. The van der Waals surface area contributed by atoms with Crippen LogP contribution >= 0.6 is 0 Å². The van der Waals surface area contributed by atoms with Crippen LogP contribution < -0.4 is 10.6 Å². The largest absolute Gasteiger partial charge is 0.384 e. The van der Waals surface area contributed by atoms with Gasteiger partial charge in [0.25, 0.3) is 0 Å². The van der Waals surface area contributed by atoms with Crippen molar-refractivity contribution in [3.8, 4) is 0 Å². The van der Waals surface area contributed by atoms with Crippen LogP contribution in [0.5, 0.6) is 0 Å². The summed E-state index contributed by atoms with van der Waals surface area (Å²) in [6, 6.07) is 1.92. The fourth-order valence-corrected chi connectivity index (χ4v) is 3.07. The van der Waals surface area contributed by atoms with Crippen LogP contribution in [-0.4, -0.2) is 23.9 Å². The number of nitrogen functional groups attached to an aromatic ring is 1. The van der Waals surface area contributed by atoms with Gasteiger partial charge in [0.05, 0.1) is 5.56 Å². The number of rotatable bonds is 2. The van der Waals surface area contributed by atoms with Gasteiger partial charge in [0.1, 0.15) is 11.7 Å². The monoisotopic (exact) mass is 274 g/mol. The van der Waals surface area contributed by atoms with Gasteiger partial charge >= 0.3 is 0 Å². The first-order chi connectivity index (χ1) is 9.30. The summed E-state index contributed by atoms with van der Waals surface area (Å²) in [7, 11) is 0. The fourth-order valence-electron chi connectivity index (χ4n) is 3.07. The van der Waals surface area contributed by atoms with Crippen LogP contribution in [0.2, 0.25) is 0 Å². The van der Waals surface area contributed by atoms with Crippen molar-refractivity contribution >= 4 is 11.7 Å². The van der Waals surface area contributed by atoms with Crippen molar-refractivity contribution in [1.29, 1.82) is 5.41 Å². The zero-order chi connectivity index (χ0) is 14.9. The molecule has 0 spiro atoms. The summed E-state index contributed by atoms with van der Waals surface area (Å²) >= 11 is 0. The first kappa shape index (κ1) is 14.8. The lowest BCUT2D eigenvalue weighted by Crippen LogP contribution is -2.39. The summed E-state index contributed by atoms with van der Waals surface area (Å²) in [4.78, 5) is 6.76. The van der Waals surface area contributed by atoms with Crippen molar-refractivity contribution in [3.63, 3.8) is 0 Å². The molecule has 0 unspecified atom stereocenters. The quantitative estimate of drug-likeness (QED) is 0.643. The minimum absolute atomic E-state index is 0.114. The van der Waals surface area contributed by atoms with Gasteiger partial charge in [-0.2, -0.15) is 0 Å². The lowest BCUT2D eigenvalue weighted by atomic mass is 9.75. The average molecular weight is 274 g/mol. The molecular weight excluding hydrogens is 248 g/mol. The molecule has 3 N–H and O–H groups in total. The fraction of sp³-hybridized carbons (Fsp3) is 0.625. The molecule has 1 aromatic rings. The molecular formula is C16H26N4. The first-order valence-corrected chi connectivity index (χ1v) is 7.35. The van der Waals surface area contributed by atoms with E-state index in [1.165, 1.54) is 12.8 Å². The molecule has 1 aliphatic heterocycles. The van der Waals surface area contributed by atoms with E-state index in [4.69, 9.17) is 11.1 Å². The van der Waals surface area contributed by atoms with Gasteiger partial charge < -0.3 is 10.6 Å². The van der Waals surface area contributed by atoms with E-state index in [9.17, 15) is 0 Å². The highest BCUT2D eigenvalue weighted by Gasteiger charge is 2.30. The zero-order valence-electron chi connectivity index (χ0n) is 13.0. The minimum atomic E-state index is 0.114. The Kier molecular flexibility index (Phi) is 4.02. The maximum absolute atomic E-state index is 7.79. The molecule has 4 nitrogen and oxygen atoms in total. The third kappa shape index (κ3) is 2.94. The van der Waals surface area contributed by atoms with Crippen LogP contribution in [0.4, 0.5) is 5.82 Å². The molecule has 20 heavy (non-hydrogen) atoms. The highest BCUT2D eigenvalue weighted by atomic mass is 15.2. The second-order valence-corrected chi connectivity index (χ2v) is 6.87. The van der Waals surface area contributed by atoms with Crippen LogP contribution in [-0.2, 0) is 0 Å². The van der Waals surface area contributed by atoms with Gasteiger partial charge in [-0.3, -0.25) is 5.41 Å². The Labute approximate surface area is 121 Å². The highest BCUT2D eigenvalue weighted by Crippen LogP contribution is 2.35. The Morgan fingerprint density at radius 1 is 1.35 bits per heavy atom. The minimum Gasteiger partial charge on any atom is -0.384 e. The lowest BCUT2D eigenvalue weighted by Gasteiger charge is -2.39. The Morgan fingerprint density at radius 3 is 2.45 bits per heavy atom. The van der Waals surface area contributed by atoms with Crippen LogP contribution in [0.15, 0.2) is 12.3 Å².